The van der Waals surface area contributed by atoms with Gasteiger partial charge in [0.05, 0.1) is 5.69 Å². The molecule has 0 N–H and O–H groups in total. The molecule has 8 aromatic rings. The van der Waals surface area contributed by atoms with Crippen molar-refractivity contribution in [1.82, 2.24) is 0 Å². The third-order valence-corrected chi connectivity index (χ3v) is 17.4. The Morgan fingerprint density at radius 3 is 1.38 bits per heavy atom. The number of fused-ring (bicyclic) bond motifs is 5. The van der Waals surface area contributed by atoms with Crippen LogP contribution in [0, 0.1) is 13.8 Å². The van der Waals surface area contributed by atoms with E-state index in [1.165, 1.54) is 106 Å². The quantitative estimate of drug-likeness (QED) is 0.154. The number of benzene rings is 8. The lowest BCUT2D eigenvalue weighted by Crippen LogP contribution is -2.61. The fraction of sp³-hybridized carbons (Fsp3) is 0.342. The molecular weight excluding hydrogens is 930 g/mol. The number of hydrogen-bond donors (Lipinski definition) is 0. The molecule has 0 atom stereocenters. The van der Waals surface area contributed by atoms with Gasteiger partial charge < -0.3 is 14.7 Å². The summed E-state index contributed by atoms with van der Waals surface area (Å²) in [6.07, 6.45) is 1.09. The zero-order valence-corrected chi connectivity index (χ0v) is 49.6. The summed E-state index contributed by atoms with van der Waals surface area (Å²) >= 11 is 0. The van der Waals surface area contributed by atoms with Gasteiger partial charge in [-0.05, 0) is 192 Å². The van der Waals surface area contributed by atoms with Crippen LogP contribution < -0.4 is 31.1 Å². The van der Waals surface area contributed by atoms with Gasteiger partial charge in [-0.3, -0.25) is 0 Å². The molecule has 0 spiro atoms. The lowest BCUT2D eigenvalue weighted by atomic mass is 9.33. The van der Waals surface area contributed by atoms with Gasteiger partial charge >= 0.3 is 0 Å². The number of rotatable bonds is 6. The van der Waals surface area contributed by atoms with Crippen LogP contribution in [0.3, 0.4) is 0 Å². The maximum Gasteiger partial charge on any atom is 0.252 e. The van der Waals surface area contributed by atoms with E-state index in [1.807, 2.05) is 0 Å². The van der Waals surface area contributed by atoms with Gasteiger partial charge in [0.25, 0.3) is 6.71 Å². The highest BCUT2D eigenvalue weighted by Gasteiger charge is 2.48. The van der Waals surface area contributed by atoms with E-state index in [1.54, 1.807) is 0 Å². The molecule has 0 aromatic heterocycles. The van der Waals surface area contributed by atoms with E-state index >= 15 is 0 Å². The van der Waals surface area contributed by atoms with Crippen molar-refractivity contribution in [1.29, 1.82) is 0 Å². The van der Waals surface area contributed by atoms with Crippen LogP contribution in [0.4, 0.5) is 51.2 Å². The van der Waals surface area contributed by atoms with Gasteiger partial charge in [0.15, 0.2) is 0 Å². The molecule has 11 rings (SSSR count). The second kappa shape index (κ2) is 17.9. The summed E-state index contributed by atoms with van der Waals surface area (Å²) in [6, 6.07) is 61.8. The molecule has 3 aliphatic rings. The Hall–Kier alpha value is -6.78. The zero-order chi connectivity index (χ0) is 55.1. The normalized spacial score (nSPS) is 15.5. The molecule has 0 saturated carbocycles. The topological polar surface area (TPSA) is 9.72 Å². The van der Waals surface area contributed by atoms with Crippen molar-refractivity contribution in [3.63, 3.8) is 0 Å². The van der Waals surface area contributed by atoms with Crippen molar-refractivity contribution < 1.29 is 0 Å². The minimum Gasteiger partial charge on any atom is -0.311 e. The van der Waals surface area contributed by atoms with Crippen molar-refractivity contribution in [3.8, 4) is 11.1 Å². The van der Waals surface area contributed by atoms with E-state index < -0.39 is 0 Å². The summed E-state index contributed by atoms with van der Waals surface area (Å²) in [4.78, 5) is 7.78. The van der Waals surface area contributed by atoms with Crippen molar-refractivity contribution >= 4 is 74.3 Å². The van der Waals surface area contributed by atoms with Gasteiger partial charge in [0.1, 0.15) is 0 Å². The van der Waals surface area contributed by atoms with Crippen LogP contribution in [0.25, 0.3) is 11.1 Å². The molecule has 8 aromatic carbocycles. The highest BCUT2D eigenvalue weighted by Crippen LogP contribution is 2.54. The molecule has 0 bridgehead atoms. The Morgan fingerprint density at radius 2 is 0.857 bits per heavy atom. The van der Waals surface area contributed by atoms with Crippen LogP contribution in [0.5, 0.6) is 0 Å². The number of anilines is 9. The predicted molar refractivity (Wildman–Crippen MR) is 336 cm³/mol. The highest BCUT2D eigenvalue weighted by molar-refractivity contribution is 7.00. The number of aryl methyl sites for hydroxylation is 2. The monoisotopic (exact) mass is 1010 g/mol. The Morgan fingerprint density at radius 1 is 0.403 bits per heavy atom. The van der Waals surface area contributed by atoms with Crippen LogP contribution in [0.1, 0.15) is 162 Å². The molecule has 1 aliphatic carbocycles. The van der Waals surface area contributed by atoms with Gasteiger partial charge in [-0.15, -0.1) is 0 Å². The minimum absolute atomic E-state index is 0.00124. The van der Waals surface area contributed by atoms with Gasteiger partial charge in [0.2, 0.25) is 0 Å². The second-order valence-electron chi connectivity index (χ2n) is 28.5. The van der Waals surface area contributed by atoms with Gasteiger partial charge in [-0.1, -0.05) is 196 Å². The first-order valence-corrected chi connectivity index (χ1v) is 28.4. The Bertz CT molecular complexity index is 3550. The van der Waals surface area contributed by atoms with Crippen molar-refractivity contribution in [2.75, 3.05) is 14.7 Å². The fourth-order valence-corrected chi connectivity index (χ4v) is 13.3. The molecule has 392 valence electrons. The van der Waals surface area contributed by atoms with Crippen LogP contribution in [-0.4, -0.2) is 6.71 Å². The SMILES string of the molecule is Cc1cc2c3c(c1)N(c1ccc(C(C)(C)C)cc1-c1ccccc1)c1cc4c(cc1B3c1ccc(N(c3ccc(C(C)(C)C)cc3)c3ccc(C(C)(C)C)cc3)cc1N2c1ccc(C(C)(C)C)cc1C)C(C)(C)CC4(C)C. The van der Waals surface area contributed by atoms with E-state index in [-0.39, 0.29) is 39.2 Å². The molecule has 0 radical (unpaired) electrons. The lowest BCUT2D eigenvalue weighted by molar-refractivity contribution is 0.403. The standard InChI is InChI=1S/C73H82BN3/c1-46-38-65-67-66(39-46)77(62-37-29-52(71(12,13)14)41-56(62)48-22-20-19-21-23-48)64-44-58-57(72(15,16)45-73(58,17)18)43-60(64)74(67)59-35-34-55(42-63(59)76(65)61-36-28-51(40-47(61)2)70(9,10)11)75(53-30-24-49(25-31-53)68(3,4)5)54-32-26-50(27-33-54)69(6,7)8/h19-44H,45H2,1-18H3. The molecular formula is C73H82BN3. The van der Waals surface area contributed by atoms with E-state index in [2.05, 4.69) is 297 Å². The average molecular weight is 1010 g/mol. The van der Waals surface area contributed by atoms with Gasteiger partial charge in [-0.25, -0.2) is 0 Å². The maximum absolute atomic E-state index is 2.67. The molecule has 77 heavy (non-hydrogen) atoms. The number of nitrogens with zero attached hydrogens (tertiary/aromatic N) is 3. The largest absolute Gasteiger partial charge is 0.311 e. The summed E-state index contributed by atoms with van der Waals surface area (Å²) in [7, 11) is 0. The molecule has 0 amide bonds. The van der Waals surface area contributed by atoms with Crippen LogP contribution in [-0.2, 0) is 32.5 Å². The van der Waals surface area contributed by atoms with Gasteiger partial charge in [-0.2, -0.15) is 0 Å². The summed E-state index contributed by atoms with van der Waals surface area (Å²) in [5.74, 6) is 0. The predicted octanol–water partition coefficient (Wildman–Crippen LogP) is 18.7. The number of hydrogen-bond acceptors (Lipinski definition) is 3. The second-order valence-corrected chi connectivity index (χ2v) is 28.5. The van der Waals surface area contributed by atoms with Crippen LogP contribution >= 0.6 is 0 Å². The maximum atomic E-state index is 2.67. The third-order valence-electron chi connectivity index (χ3n) is 17.4. The summed E-state index contributed by atoms with van der Waals surface area (Å²) in [6.45, 7) is 42.2. The van der Waals surface area contributed by atoms with E-state index in [0.29, 0.717) is 0 Å². The molecule has 2 heterocycles. The summed E-state index contributed by atoms with van der Waals surface area (Å²) in [5.41, 5.74) is 28.1. The van der Waals surface area contributed by atoms with E-state index in [0.717, 1.165) is 23.5 Å². The van der Waals surface area contributed by atoms with Crippen molar-refractivity contribution in [2.45, 2.75) is 164 Å². The van der Waals surface area contributed by atoms with Crippen molar-refractivity contribution in [3.05, 3.63) is 202 Å². The molecule has 0 unspecified atom stereocenters. The molecule has 2 aliphatic heterocycles. The Kier molecular flexibility index (Phi) is 12.1. The summed E-state index contributed by atoms with van der Waals surface area (Å²) in [5, 5.41) is 0. The molecule has 3 nitrogen and oxygen atoms in total. The highest BCUT2D eigenvalue weighted by atomic mass is 15.2. The third kappa shape index (κ3) is 9.02. The Labute approximate surface area is 463 Å². The molecule has 4 heteroatoms. The first-order valence-electron chi connectivity index (χ1n) is 28.4. The summed E-state index contributed by atoms with van der Waals surface area (Å²) < 4.78 is 0. The first-order chi connectivity index (χ1) is 36.0. The lowest BCUT2D eigenvalue weighted by Gasteiger charge is -2.46. The first kappa shape index (κ1) is 52.3. The Balaban J connectivity index is 1.23. The zero-order valence-electron chi connectivity index (χ0n) is 49.6. The average Bonchev–Trinajstić information content (AvgIpc) is 3.75. The van der Waals surface area contributed by atoms with Gasteiger partial charge in [0, 0.05) is 51.1 Å². The van der Waals surface area contributed by atoms with Crippen LogP contribution in [0.15, 0.2) is 158 Å². The fourth-order valence-electron chi connectivity index (χ4n) is 13.3. The van der Waals surface area contributed by atoms with Crippen molar-refractivity contribution in [2.24, 2.45) is 0 Å². The van der Waals surface area contributed by atoms with E-state index in [9.17, 15) is 0 Å². The van der Waals surface area contributed by atoms with Crippen LogP contribution in [0.2, 0.25) is 0 Å². The smallest absolute Gasteiger partial charge is 0.252 e. The molecule has 0 fully saturated rings. The van der Waals surface area contributed by atoms with E-state index in [4.69, 9.17) is 0 Å². The molecule has 0 saturated heterocycles. The minimum atomic E-state index is -0.0364.